The topological polar surface area (TPSA) is 12.0 Å². The van der Waals surface area contributed by atoms with Crippen LogP contribution in [0.25, 0.3) is 0 Å². The van der Waals surface area contributed by atoms with Crippen LogP contribution in [-0.4, -0.2) is 12.3 Å². The summed E-state index contributed by atoms with van der Waals surface area (Å²) in [6, 6.07) is 5.17. The van der Waals surface area contributed by atoms with Crippen LogP contribution in [0.15, 0.2) is 18.2 Å². The fourth-order valence-corrected chi connectivity index (χ4v) is 1.29. The zero-order valence-corrected chi connectivity index (χ0v) is 8.57. The van der Waals surface area contributed by atoms with Gasteiger partial charge in [-0.05, 0) is 24.1 Å². The Morgan fingerprint density at radius 3 is 2.85 bits per heavy atom. The summed E-state index contributed by atoms with van der Waals surface area (Å²) in [5, 5.41) is 3.20. The zero-order valence-electron chi connectivity index (χ0n) is 7.68. The van der Waals surface area contributed by atoms with Gasteiger partial charge in [-0.1, -0.05) is 12.1 Å². The third-order valence-electron chi connectivity index (χ3n) is 1.84. The van der Waals surface area contributed by atoms with Crippen molar-refractivity contribution in [3.05, 3.63) is 35.1 Å². The highest BCUT2D eigenvalue weighted by molar-refractivity contribution is 7.80. The van der Waals surface area contributed by atoms with E-state index in [0.29, 0.717) is 5.56 Å². The van der Waals surface area contributed by atoms with E-state index >= 15 is 0 Å². The van der Waals surface area contributed by atoms with Gasteiger partial charge in [0, 0.05) is 18.8 Å². The van der Waals surface area contributed by atoms with Gasteiger partial charge in [0.15, 0.2) is 0 Å². The van der Waals surface area contributed by atoms with E-state index in [1.165, 1.54) is 6.07 Å². The van der Waals surface area contributed by atoms with Crippen molar-refractivity contribution >= 4 is 12.6 Å². The van der Waals surface area contributed by atoms with Crippen molar-refractivity contribution in [2.24, 2.45) is 0 Å². The number of rotatable bonds is 4. The second-order valence-electron chi connectivity index (χ2n) is 2.98. The monoisotopic (exact) mass is 199 g/mol. The molecule has 1 rings (SSSR count). The third-order valence-corrected chi connectivity index (χ3v) is 2.06. The van der Waals surface area contributed by atoms with E-state index in [4.69, 9.17) is 0 Å². The first-order valence-electron chi connectivity index (χ1n) is 4.30. The van der Waals surface area contributed by atoms with Gasteiger partial charge in [0.2, 0.25) is 0 Å². The smallest absolute Gasteiger partial charge is 0.126 e. The number of thiol groups is 1. The molecule has 0 bridgehead atoms. The second kappa shape index (κ2) is 5.25. The Kier molecular flexibility index (Phi) is 4.25. The Morgan fingerprint density at radius 1 is 1.46 bits per heavy atom. The molecule has 0 aliphatic heterocycles. The lowest BCUT2D eigenvalue weighted by Gasteiger charge is -2.04. The Hall–Kier alpha value is -0.540. The van der Waals surface area contributed by atoms with Gasteiger partial charge in [-0.3, -0.25) is 0 Å². The second-order valence-corrected chi connectivity index (χ2v) is 3.43. The SMILES string of the molecule is Cc1cc(CNCCS)ccc1F. The predicted octanol–water partition coefficient (Wildman–Crippen LogP) is 2.15. The molecule has 0 heterocycles. The minimum Gasteiger partial charge on any atom is -0.312 e. The van der Waals surface area contributed by atoms with E-state index in [9.17, 15) is 4.39 Å². The van der Waals surface area contributed by atoms with E-state index in [2.05, 4.69) is 17.9 Å². The summed E-state index contributed by atoms with van der Waals surface area (Å²) in [5.41, 5.74) is 1.81. The predicted molar refractivity (Wildman–Crippen MR) is 56.7 cm³/mol. The number of hydrogen-bond acceptors (Lipinski definition) is 2. The van der Waals surface area contributed by atoms with Crippen molar-refractivity contribution in [2.45, 2.75) is 13.5 Å². The summed E-state index contributed by atoms with van der Waals surface area (Å²) in [7, 11) is 0. The summed E-state index contributed by atoms with van der Waals surface area (Å²) in [4.78, 5) is 0. The van der Waals surface area contributed by atoms with Crippen molar-refractivity contribution < 1.29 is 4.39 Å². The molecule has 0 atom stereocenters. The Balaban J connectivity index is 2.53. The standard InChI is InChI=1S/C10H14FNS/c1-8-6-9(2-3-10(8)11)7-12-4-5-13/h2-3,6,12-13H,4-5,7H2,1H3. The van der Waals surface area contributed by atoms with Crippen LogP contribution in [0.3, 0.4) is 0 Å². The van der Waals surface area contributed by atoms with Crippen molar-refractivity contribution in [1.82, 2.24) is 5.32 Å². The van der Waals surface area contributed by atoms with E-state index in [1.807, 2.05) is 6.07 Å². The number of nitrogens with one attached hydrogen (secondary N) is 1. The van der Waals surface area contributed by atoms with Crippen LogP contribution in [0.4, 0.5) is 4.39 Å². The van der Waals surface area contributed by atoms with Gasteiger partial charge in [-0.25, -0.2) is 4.39 Å². The Bertz CT molecular complexity index is 276. The minimum atomic E-state index is -0.141. The van der Waals surface area contributed by atoms with Crippen LogP contribution in [0.1, 0.15) is 11.1 Å². The molecule has 1 N–H and O–H groups in total. The van der Waals surface area contributed by atoms with E-state index in [1.54, 1.807) is 13.0 Å². The molecule has 0 amide bonds. The van der Waals surface area contributed by atoms with Gasteiger partial charge >= 0.3 is 0 Å². The number of halogens is 1. The van der Waals surface area contributed by atoms with Gasteiger partial charge in [-0.15, -0.1) is 0 Å². The molecule has 0 saturated carbocycles. The van der Waals surface area contributed by atoms with Crippen LogP contribution in [0, 0.1) is 12.7 Å². The summed E-state index contributed by atoms with van der Waals surface area (Å²) in [6.07, 6.45) is 0. The average Bonchev–Trinajstić information content (AvgIpc) is 2.12. The Labute approximate surface area is 83.8 Å². The minimum absolute atomic E-state index is 0.141. The van der Waals surface area contributed by atoms with Gasteiger partial charge in [0.1, 0.15) is 5.82 Å². The van der Waals surface area contributed by atoms with E-state index in [0.717, 1.165) is 24.4 Å². The molecule has 13 heavy (non-hydrogen) atoms. The summed E-state index contributed by atoms with van der Waals surface area (Å²) in [5.74, 6) is 0.679. The lowest BCUT2D eigenvalue weighted by Crippen LogP contribution is -2.15. The van der Waals surface area contributed by atoms with E-state index in [-0.39, 0.29) is 5.82 Å². The van der Waals surface area contributed by atoms with Crippen molar-refractivity contribution in [3.63, 3.8) is 0 Å². The first-order valence-corrected chi connectivity index (χ1v) is 4.94. The molecular formula is C10H14FNS. The van der Waals surface area contributed by atoms with Gasteiger partial charge in [-0.2, -0.15) is 12.6 Å². The lowest BCUT2D eigenvalue weighted by molar-refractivity contribution is 0.616. The van der Waals surface area contributed by atoms with Crippen LogP contribution >= 0.6 is 12.6 Å². The Morgan fingerprint density at radius 2 is 2.23 bits per heavy atom. The molecule has 0 aromatic heterocycles. The number of benzene rings is 1. The van der Waals surface area contributed by atoms with E-state index < -0.39 is 0 Å². The molecular weight excluding hydrogens is 185 g/mol. The quantitative estimate of drug-likeness (QED) is 0.559. The van der Waals surface area contributed by atoms with Gasteiger partial charge < -0.3 is 5.32 Å². The maximum absolute atomic E-state index is 12.9. The molecule has 1 aromatic rings. The molecule has 1 aromatic carbocycles. The third kappa shape index (κ3) is 3.36. The van der Waals surface area contributed by atoms with Crippen LogP contribution in [0.5, 0.6) is 0 Å². The highest BCUT2D eigenvalue weighted by Crippen LogP contribution is 2.08. The average molecular weight is 199 g/mol. The summed E-state index contributed by atoms with van der Waals surface area (Å²) in [6.45, 7) is 3.43. The molecule has 0 fully saturated rings. The molecule has 0 aliphatic rings. The molecule has 0 aliphatic carbocycles. The number of hydrogen-bond donors (Lipinski definition) is 2. The van der Waals surface area contributed by atoms with Gasteiger partial charge in [0.05, 0.1) is 0 Å². The summed E-state index contributed by atoms with van der Waals surface area (Å²) >= 11 is 4.08. The molecule has 72 valence electrons. The highest BCUT2D eigenvalue weighted by atomic mass is 32.1. The largest absolute Gasteiger partial charge is 0.312 e. The fraction of sp³-hybridized carbons (Fsp3) is 0.400. The first kappa shape index (κ1) is 10.5. The molecule has 0 saturated heterocycles. The van der Waals surface area contributed by atoms with Crippen LogP contribution < -0.4 is 5.32 Å². The molecule has 1 nitrogen and oxygen atoms in total. The highest BCUT2D eigenvalue weighted by Gasteiger charge is 1.97. The number of aryl methyl sites for hydroxylation is 1. The first-order chi connectivity index (χ1) is 6.24. The van der Waals surface area contributed by atoms with Gasteiger partial charge in [0.25, 0.3) is 0 Å². The molecule has 0 spiro atoms. The summed E-state index contributed by atoms with van der Waals surface area (Å²) < 4.78 is 12.9. The van der Waals surface area contributed by atoms with Crippen LogP contribution in [-0.2, 0) is 6.54 Å². The maximum atomic E-state index is 12.9. The zero-order chi connectivity index (χ0) is 9.68. The van der Waals surface area contributed by atoms with Crippen LogP contribution in [0.2, 0.25) is 0 Å². The lowest BCUT2D eigenvalue weighted by atomic mass is 10.1. The fourth-order valence-electron chi connectivity index (χ4n) is 1.13. The molecule has 0 radical (unpaired) electrons. The maximum Gasteiger partial charge on any atom is 0.126 e. The van der Waals surface area contributed by atoms with Crippen molar-refractivity contribution in [2.75, 3.05) is 12.3 Å². The van der Waals surface area contributed by atoms with Crippen molar-refractivity contribution in [3.8, 4) is 0 Å². The molecule has 3 heteroatoms. The normalized spacial score (nSPS) is 10.4. The van der Waals surface area contributed by atoms with Crippen molar-refractivity contribution in [1.29, 1.82) is 0 Å². The molecule has 0 unspecified atom stereocenters.